The van der Waals surface area contributed by atoms with Crippen LogP contribution in [0.25, 0.3) is 40.7 Å². The standard InChI is InChI=1S/C22H21F3N4O3.C16H15BrF3N3O2.C5H7BN2O3/c1-13(2)32-21(30)18(15-5-6-19(31-4)26-10-15)11-29-12-27-20(28-29)16-7-14(3)8-17(9-16)22(23,24)25;1-9(2)25-15(24)13(17)7-23-8-21-14(22-23)11-4-10(3)5-12(6-11)16(18,19)20;1-11-5-7-2-4(3-8-5)6(9)10/h5-13H,1-4H3;4-9H,1-3H3;2-3,9-10H,1H3/b18-11+;13-7-;. The van der Waals surface area contributed by atoms with Crippen LogP contribution in [0.4, 0.5) is 26.3 Å². The lowest BCUT2D eigenvalue weighted by Crippen LogP contribution is -2.30. The molecule has 4 heterocycles. The van der Waals surface area contributed by atoms with Crippen LogP contribution in [-0.2, 0) is 31.4 Å². The summed E-state index contributed by atoms with van der Waals surface area (Å²) in [5.74, 6) is -0.628. The van der Waals surface area contributed by atoms with E-state index in [0.717, 1.165) is 24.3 Å². The molecule has 0 radical (unpaired) electrons. The number of ether oxygens (including phenoxy) is 4. The summed E-state index contributed by atoms with van der Waals surface area (Å²) < 4.78 is 101. The Morgan fingerprint density at radius 1 is 0.676 bits per heavy atom. The van der Waals surface area contributed by atoms with Crippen LogP contribution in [0.5, 0.6) is 11.9 Å². The zero-order valence-electron chi connectivity index (χ0n) is 37.4. The summed E-state index contributed by atoms with van der Waals surface area (Å²) in [5, 5.41) is 25.5. The summed E-state index contributed by atoms with van der Waals surface area (Å²) in [6.45, 7) is 9.97. The summed E-state index contributed by atoms with van der Waals surface area (Å²) >= 11 is 3.07. The van der Waals surface area contributed by atoms with Crippen molar-refractivity contribution in [3.63, 3.8) is 0 Å². The van der Waals surface area contributed by atoms with Crippen molar-refractivity contribution in [1.29, 1.82) is 0 Å². The lowest BCUT2D eigenvalue weighted by Gasteiger charge is -2.11. The van der Waals surface area contributed by atoms with Gasteiger partial charge in [-0.05, 0) is 111 Å². The van der Waals surface area contributed by atoms with Gasteiger partial charge in [-0.3, -0.25) is 0 Å². The molecule has 0 aliphatic rings. The number of esters is 2. The number of hydrogen-bond acceptors (Lipinski definition) is 15. The highest BCUT2D eigenvalue weighted by atomic mass is 79.9. The predicted molar refractivity (Wildman–Crippen MR) is 239 cm³/mol. The Kier molecular flexibility index (Phi) is 18.6. The molecule has 68 heavy (non-hydrogen) atoms. The second-order valence-electron chi connectivity index (χ2n) is 14.7. The fourth-order valence-electron chi connectivity index (χ4n) is 5.41. The van der Waals surface area contributed by atoms with Gasteiger partial charge in [0.25, 0.3) is 0 Å². The van der Waals surface area contributed by atoms with Gasteiger partial charge in [0.1, 0.15) is 17.1 Å². The third-order valence-electron chi connectivity index (χ3n) is 8.34. The molecular formula is C43H43BBrF6N9O8. The SMILES string of the molecule is COc1ccc(/C(=C\n2cnc(-c3cc(C)cc(C(F)(F)F)c3)n2)C(=O)OC(C)C)cn1.COc1ncc(B(O)O)cn1.Cc1cc(-c2ncn(/C=C(\Br)C(=O)OC(C)C)n2)cc(C(F)(F)F)c1. The third-order valence-corrected chi connectivity index (χ3v) is 8.86. The highest BCUT2D eigenvalue weighted by Crippen LogP contribution is 2.34. The first kappa shape index (κ1) is 53.6. The Labute approximate surface area is 393 Å². The van der Waals surface area contributed by atoms with Crippen LogP contribution >= 0.6 is 15.9 Å². The van der Waals surface area contributed by atoms with Crippen LogP contribution in [0.1, 0.15) is 55.5 Å². The molecule has 0 saturated heterocycles. The minimum atomic E-state index is -4.49. The largest absolute Gasteiger partial charge is 0.491 e. The van der Waals surface area contributed by atoms with E-state index in [1.807, 2.05) is 0 Å². The molecule has 0 unspecified atom stereocenters. The number of carbonyl (C=O) groups is 2. The first-order chi connectivity index (χ1) is 31.9. The van der Waals surface area contributed by atoms with Crippen molar-refractivity contribution in [3.05, 3.63) is 112 Å². The van der Waals surface area contributed by atoms with Crippen molar-refractivity contribution in [2.45, 2.75) is 66.1 Å². The number of nitrogens with zero attached hydrogens (tertiary/aromatic N) is 9. The molecule has 0 aliphatic heterocycles. The molecule has 4 aromatic heterocycles. The first-order valence-corrected chi connectivity index (χ1v) is 20.6. The fourth-order valence-corrected chi connectivity index (χ4v) is 5.71. The van der Waals surface area contributed by atoms with Gasteiger partial charge in [0.05, 0.1) is 49.3 Å². The van der Waals surface area contributed by atoms with Crippen molar-refractivity contribution in [3.8, 4) is 34.7 Å². The second kappa shape index (κ2) is 23.6. The van der Waals surface area contributed by atoms with Crippen LogP contribution in [0.2, 0.25) is 0 Å². The maximum Gasteiger partial charge on any atom is 0.491 e. The van der Waals surface area contributed by atoms with E-state index in [4.69, 9.17) is 24.3 Å². The zero-order chi connectivity index (χ0) is 50.5. The molecule has 0 atom stereocenters. The van der Waals surface area contributed by atoms with Gasteiger partial charge in [-0.25, -0.2) is 43.9 Å². The van der Waals surface area contributed by atoms with Crippen molar-refractivity contribution < 1.29 is 64.9 Å². The van der Waals surface area contributed by atoms with Crippen molar-refractivity contribution >= 4 is 58.4 Å². The van der Waals surface area contributed by atoms with E-state index in [0.29, 0.717) is 22.6 Å². The molecular weight excluding hydrogens is 975 g/mol. The van der Waals surface area contributed by atoms with Gasteiger partial charge < -0.3 is 29.0 Å². The summed E-state index contributed by atoms with van der Waals surface area (Å²) in [6, 6.07) is 10.6. The molecule has 6 aromatic rings. The maximum atomic E-state index is 13.2. The fraction of sp³-hybridized carbons (Fsp3) is 0.279. The molecule has 17 nitrogen and oxygen atoms in total. The summed E-state index contributed by atoms with van der Waals surface area (Å²) in [5.41, 5.74) is 0.591. The minimum absolute atomic E-state index is 0.0832. The molecule has 0 bridgehead atoms. The van der Waals surface area contributed by atoms with Crippen LogP contribution in [0.15, 0.2) is 84.3 Å². The number of benzene rings is 2. The van der Waals surface area contributed by atoms with Gasteiger partial charge in [-0.2, -0.15) is 26.3 Å². The van der Waals surface area contributed by atoms with Crippen LogP contribution in [0.3, 0.4) is 0 Å². The zero-order valence-corrected chi connectivity index (χ0v) is 39.0. The average molecular weight is 1020 g/mol. The average Bonchev–Trinajstić information content (AvgIpc) is 3.95. The van der Waals surface area contributed by atoms with E-state index >= 15 is 0 Å². The Morgan fingerprint density at radius 3 is 1.57 bits per heavy atom. The van der Waals surface area contributed by atoms with Gasteiger partial charge in [-0.1, -0.05) is 0 Å². The minimum Gasteiger partial charge on any atom is -0.481 e. The second-order valence-corrected chi connectivity index (χ2v) is 15.5. The highest BCUT2D eigenvalue weighted by Gasteiger charge is 2.32. The molecule has 0 saturated carbocycles. The number of rotatable bonds is 12. The quantitative estimate of drug-likeness (QED) is 0.0537. The molecule has 6 rings (SSSR count). The van der Waals surface area contributed by atoms with E-state index in [1.165, 1.54) is 67.2 Å². The molecule has 0 amide bonds. The van der Waals surface area contributed by atoms with Gasteiger partial charge in [-0.15, -0.1) is 10.2 Å². The molecule has 360 valence electrons. The summed E-state index contributed by atoms with van der Waals surface area (Å²) in [6.07, 6.45) is -0.283. The van der Waals surface area contributed by atoms with E-state index in [-0.39, 0.29) is 56.5 Å². The third kappa shape index (κ3) is 16.1. The van der Waals surface area contributed by atoms with E-state index in [2.05, 4.69) is 55.8 Å². The number of aryl methyl sites for hydroxylation is 2. The first-order valence-electron chi connectivity index (χ1n) is 19.8. The molecule has 2 N–H and O–H groups in total. The summed E-state index contributed by atoms with van der Waals surface area (Å²) in [7, 11) is 1.38. The number of halogens is 7. The van der Waals surface area contributed by atoms with E-state index in [1.54, 1.807) is 65.8 Å². The Morgan fingerprint density at radius 2 is 1.16 bits per heavy atom. The van der Waals surface area contributed by atoms with E-state index < -0.39 is 42.5 Å². The van der Waals surface area contributed by atoms with Gasteiger partial charge >= 0.3 is 37.4 Å². The number of aromatic nitrogens is 9. The molecule has 2 aromatic carbocycles. The monoisotopic (exact) mass is 1020 g/mol. The normalized spacial score (nSPS) is 11.9. The van der Waals surface area contributed by atoms with Gasteiger partial charge in [0, 0.05) is 53.0 Å². The number of hydrogen-bond donors (Lipinski definition) is 2. The lowest BCUT2D eigenvalue weighted by molar-refractivity contribution is -0.142. The number of methoxy groups -OCH3 is 2. The Balaban J connectivity index is 0.000000247. The van der Waals surface area contributed by atoms with Crippen LogP contribution in [-0.4, -0.2) is 100 Å². The number of carbonyl (C=O) groups excluding carboxylic acids is 2. The maximum absolute atomic E-state index is 13.2. The van der Waals surface area contributed by atoms with Crippen molar-refractivity contribution in [2.24, 2.45) is 0 Å². The molecule has 0 aliphatic carbocycles. The molecule has 0 fully saturated rings. The van der Waals surface area contributed by atoms with E-state index in [9.17, 15) is 35.9 Å². The smallest absolute Gasteiger partial charge is 0.481 e. The Bertz CT molecular complexity index is 2710. The van der Waals surface area contributed by atoms with Crippen LogP contribution in [0, 0.1) is 13.8 Å². The predicted octanol–water partition coefficient (Wildman–Crippen LogP) is 7.21. The molecule has 25 heteroatoms. The van der Waals surface area contributed by atoms with Crippen molar-refractivity contribution in [2.75, 3.05) is 14.2 Å². The summed E-state index contributed by atoms with van der Waals surface area (Å²) in [4.78, 5) is 43.9. The Hall–Kier alpha value is -6.99. The van der Waals surface area contributed by atoms with Crippen LogP contribution < -0.4 is 14.9 Å². The van der Waals surface area contributed by atoms with Gasteiger partial charge in [0.2, 0.25) is 5.88 Å². The lowest BCUT2D eigenvalue weighted by atomic mass is 9.83. The topological polar surface area (TPSA) is 212 Å². The number of alkyl halides is 6. The highest BCUT2D eigenvalue weighted by molar-refractivity contribution is 9.12. The van der Waals surface area contributed by atoms with Gasteiger partial charge in [0.15, 0.2) is 11.6 Å². The molecule has 0 spiro atoms. The number of pyridine rings is 1. The van der Waals surface area contributed by atoms with Crippen molar-refractivity contribution in [1.82, 2.24) is 44.5 Å².